The van der Waals surface area contributed by atoms with Gasteiger partial charge in [-0.15, -0.1) is 5.54 Å². The summed E-state index contributed by atoms with van der Waals surface area (Å²) in [7, 11) is 7.00. The van der Waals surface area contributed by atoms with Crippen molar-refractivity contribution >= 4 is 0 Å². The third kappa shape index (κ3) is 3000. The van der Waals surface area contributed by atoms with Gasteiger partial charge in [0.05, 0.1) is 0 Å². The molecular formula is C8H22N3W-3. The van der Waals surface area contributed by atoms with E-state index in [1.54, 1.807) is 28.2 Å². The molecule has 0 aliphatic heterocycles. The Morgan fingerprint density at radius 1 is 0.833 bits per heavy atom. The molecule has 0 heterocycles. The molecule has 0 bridgehead atoms. The first kappa shape index (κ1) is 22.9. The monoisotopic (exact) mass is 344 g/mol. The smallest absolute Gasteiger partial charge is 0 e. The van der Waals surface area contributed by atoms with Gasteiger partial charge in [-0.2, -0.15) is 28.2 Å². The molecular weight excluding hydrogens is 322 g/mol. The fourth-order valence-corrected chi connectivity index (χ4v) is 0. The van der Waals surface area contributed by atoms with E-state index in [4.69, 9.17) is 5.73 Å². The number of nitrogens with zero attached hydrogens (tertiary/aromatic N) is 2. The van der Waals surface area contributed by atoms with Gasteiger partial charge in [-0.25, -0.2) is 0 Å². The van der Waals surface area contributed by atoms with Crippen molar-refractivity contribution in [3.63, 3.8) is 0 Å². The molecule has 0 spiro atoms. The van der Waals surface area contributed by atoms with Gasteiger partial charge in [0.25, 0.3) is 0 Å². The summed E-state index contributed by atoms with van der Waals surface area (Å²) in [6.45, 7) is 5.56. The molecule has 0 aromatic rings. The molecule has 3 nitrogen and oxygen atoms in total. The van der Waals surface area contributed by atoms with Crippen molar-refractivity contribution in [2.24, 2.45) is 0 Å². The first-order valence-electron chi connectivity index (χ1n) is 3.54. The van der Waals surface area contributed by atoms with Crippen LogP contribution < -0.4 is 0 Å². The van der Waals surface area contributed by atoms with Crippen LogP contribution >= 0.6 is 0 Å². The van der Waals surface area contributed by atoms with Crippen molar-refractivity contribution in [1.29, 1.82) is 0 Å². The van der Waals surface area contributed by atoms with Gasteiger partial charge in [-0.05, 0) is 0 Å². The second-order valence-electron chi connectivity index (χ2n) is 3.14. The van der Waals surface area contributed by atoms with Crippen molar-refractivity contribution in [2.45, 2.75) is 26.3 Å². The zero-order valence-corrected chi connectivity index (χ0v) is 12.2. The fraction of sp³-hybridized carbons (Fsp3) is 1.00. The van der Waals surface area contributed by atoms with Crippen LogP contribution in [0.2, 0.25) is 0 Å². The number of rotatable bonds is 0. The van der Waals surface area contributed by atoms with Gasteiger partial charge >= 0.3 is 0 Å². The third-order valence-electron chi connectivity index (χ3n) is 0. The Kier molecular flexibility index (Phi) is 33.6. The summed E-state index contributed by atoms with van der Waals surface area (Å²) in [4.78, 5) is 0. The summed E-state index contributed by atoms with van der Waals surface area (Å²) in [6, 6.07) is 0. The molecule has 0 aliphatic rings. The second kappa shape index (κ2) is 17.6. The van der Waals surface area contributed by atoms with E-state index in [1.807, 2.05) is 20.8 Å². The van der Waals surface area contributed by atoms with E-state index < -0.39 is 0 Å². The molecule has 0 amide bonds. The van der Waals surface area contributed by atoms with Gasteiger partial charge in [0.2, 0.25) is 0 Å². The molecule has 0 aromatic heterocycles. The zero-order chi connectivity index (χ0) is 9.91. The topological polar surface area (TPSA) is 52.0 Å². The van der Waals surface area contributed by atoms with Crippen molar-refractivity contribution in [1.82, 2.24) is 0 Å². The number of nitrogens with one attached hydrogen (secondary N) is 1. The predicted octanol–water partition coefficient (Wildman–Crippen LogP) is 3.07. The Labute approximate surface area is 92.1 Å². The molecule has 0 fully saturated rings. The second-order valence-corrected chi connectivity index (χ2v) is 3.14. The predicted molar refractivity (Wildman–Crippen MR) is 54.5 cm³/mol. The van der Waals surface area contributed by atoms with Crippen LogP contribution in [-0.4, -0.2) is 33.7 Å². The maximum absolute atomic E-state index is 6.94. The Hall–Kier alpha value is 0.568. The molecule has 0 saturated heterocycles. The van der Waals surface area contributed by atoms with E-state index in [-0.39, 0.29) is 26.6 Å². The van der Waals surface area contributed by atoms with Crippen LogP contribution in [0, 0.1) is 0 Å². The molecule has 78 valence electrons. The summed E-state index contributed by atoms with van der Waals surface area (Å²) in [5.74, 6) is 0. The molecule has 0 unspecified atom stereocenters. The summed E-state index contributed by atoms with van der Waals surface area (Å²) in [5.41, 5.74) is 6.69. The van der Waals surface area contributed by atoms with Crippen LogP contribution in [-0.2, 0) is 21.1 Å². The Bertz CT molecular complexity index is 44.8. The average Bonchev–Trinajstić information content (AvgIpc) is 1.62. The minimum Gasteiger partial charge on any atom is -0.673 e. The minimum atomic E-state index is -0.250. The molecule has 0 radical (unpaired) electrons. The van der Waals surface area contributed by atoms with E-state index in [0.29, 0.717) is 0 Å². The quantitative estimate of drug-likeness (QED) is 0.649. The third-order valence-corrected chi connectivity index (χ3v) is 0. The standard InChI is InChI=1S/C4H10N.2C2H6N.W/c1-4(2,3)5;2*1-3-2;/h5H,1-3H3;2*1-2H3;/q3*-1;. The Morgan fingerprint density at radius 3 is 0.833 bits per heavy atom. The van der Waals surface area contributed by atoms with E-state index in [1.165, 1.54) is 0 Å². The van der Waals surface area contributed by atoms with E-state index in [0.717, 1.165) is 0 Å². The summed E-state index contributed by atoms with van der Waals surface area (Å²) < 4.78 is 0. The van der Waals surface area contributed by atoms with Crippen LogP contribution in [0.1, 0.15) is 20.8 Å². The molecule has 0 saturated carbocycles. The van der Waals surface area contributed by atoms with E-state index in [2.05, 4.69) is 10.6 Å². The molecule has 0 aromatic carbocycles. The Balaban J connectivity index is -0.0000000406. The van der Waals surface area contributed by atoms with Gasteiger partial charge in [0.15, 0.2) is 0 Å². The van der Waals surface area contributed by atoms with Crippen LogP contribution in [0.25, 0.3) is 16.4 Å². The van der Waals surface area contributed by atoms with E-state index in [9.17, 15) is 0 Å². The maximum atomic E-state index is 6.94. The first-order chi connectivity index (χ1) is 4.83. The molecule has 4 heteroatoms. The van der Waals surface area contributed by atoms with Crippen molar-refractivity contribution < 1.29 is 21.1 Å². The first-order valence-corrected chi connectivity index (χ1v) is 3.54. The summed E-state index contributed by atoms with van der Waals surface area (Å²) in [6.07, 6.45) is 0. The number of hydrogen-bond donors (Lipinski definition) is 0. The van der Waals surface area contributed by atoms with Crippen LogP contribution in [0.5, 0.6) is 0 Å². The molecule has 0 aliphatic carbocycles. The SMILES string of the molecule is CC(C)(C)[NH-].C[N-]C.C[N-]C.[W]. The van der Waals surface area contributed by atoms with Crippen molar-refractivity contribution in [2.75, 3.05) is 28.2 Å². The van der Waals surface area contributed by atoms with Gasteiger partial charge in [0, 0.05) is 21.1 Å². The largest absolute Gasteiger partial charge is 0.673 e. The average molecular weight is 344 g/mol. The van der Waals surface area contributed by atoms with Gasteiger partial charge in [-0.3, -0.25) is 0 Å². The van der Waals surface area contributed by atoms with Crippen LogP contribution in [0.3, 0.4) is 0 Å². The Morgan fingerprint density at radius 2 is 0.833 bits per heavy atom. The van der Waals surface area contributed by atoms with Gasteiger partial charge < -0.3 is 16.4 Å². The molecule has 0 rings (SSSR count). The molecule has 1 N–H and O–H groups in total. The molecule has 0 atom stereocenters. The normalized spacial score (nSPS) is 8.00. The number of hydrogen-bond acceptors (Lipinski definition) is 0. The van der Waals surface area contributed by atoms with Gasteiger partial charge in [0.1, 0.15) is 0 Å². The maximum Gasteiger partial charge on any atom is 0 e. The summed E-state index contributed by atoms with van der Waals surface area (Å²) in [5, 5.41) is 7.00. The van der Waals surface area contributed by atoms with Gasteiger partial charge in [-0.1, -0.05) is 20.8 Å². The van der Waals surface area contributed by atoms with Crippen molar-refractivity contribution in [3.05, 3.63) is 16.4 Å². The summed E-state index contributed by atoms with van der Waals surface area (Å²) >= 11 is 0. The van der Waals surface area contributed by atoms with Crippen LogP contribution in [0.4, 0.5) is 0 Å². The fourth-order valence-electron chi connectivity index (χ4n) is 0. The van der Waals surface area contributed by atoms with Crippen LogP contribution in [0.15, 0.2) is 0 Å². The van der Waals surface area contributed by atoms with E-state index >= 15 is 0 Å². The van der Waals surface area contributed by atoms with Crippen molar-refractivity contribution in [3.8, 4) is 0 Å². The zero-order valence-electron chi connectivity index (χ0n) is 9.30. The molecule has 12 heavy (non-hydrogen) atoms. The minimum absolute atomic E-state index is 0.